The predicted octanol–water partition coefficient (Wildman–Crippen LogP) is 2.13. The number of hydrogen-bond acceptors (Lipinski definition) is 6. The SMILES string of the molecule is Cc1ccc2c(n1)OC(c1ccc(CN3CC4C(CNS(C)(=O)=O)C4C3)cc1)CO2. The maximum atomic E-state index is 11.3. The summed E-state index contributed by atoms with van der Waals surface area (Å²) >= 11 is 0. The molecule has 30 heavy (non-hydrogen) atoms. The van der Waals surface area contributed by atoms with Gasteiger partial charge >= 0.3 is 0 Å². The van der Waals surface area contributed by atoms with Crippen LogP contribution in [-0.2, 0) is 16.6 Å². The van der Waals surface area contributed by atoms with E-state index in [0.717, 1.165) is 30.9 Å². The smallest absolute Gasteiger partial charge is 0.257 e. The van der Waals surface area contributed by atoms with Gasteiger partial charge < -0.3 is 9.47 Å². The van der Waals surface area contributed by atoms with Crippen LogP contribution in [0.5, 0.6) is 11.6 Å². The van der Waals surface area contributed by atoms with Crippen LogP contribution in [0.4, 0.5) is 0 Å². The van der Waals surface area contributed by atoms with Crippen molar-refractivity contribution in [2.45, 2.75) is 19.6 Å². The molecule has 1 aliphatic carbocycles. The predicted molar refractivity (Wildman–Crippen MR) is 113 cm³/mol. The highest BCUT2D eigenvalue weighted by molar-refractivity contribution is 7.88. The summed E-state index contributed by atoms with van der Waals surface area (Å²) < 4.78 is 37.0. The summed E-state index contributed by atoms with van der Waals surface area (Å²) in [6.45, 7) is 6.01. The Labute approximate surface area is 177 Å². The number of pyridine rings is 1. The maximum Gasteiger partial charge on any atom is 0.257 e. The number of likely N-dealkylation sites (tertiary alicyclic amines) is 1. The highest BCUT2D eigenvalue weighted by Gasteiger charge is 2.55. The quantitative estimate of drug-likeness (QED) is 0.758. The second kappa shape index (κ2) is 7.51. The van der Waals surface area contributed by atoms with Crippen molar-refractivity contribution >= 4 is 10.0 Å². The zero-order chi connectivity index (χ0) is 20.9. The van der Waals surface area contributed by atoms with Gasteiger partial charge in [0.25, 0.3) is 5.88 Å². The molecule has 1 aromatic carbocycles. The first-order chi connectivity index (χ1) is 14.4. The van der Waals surface area contributed by atoms with E-state index in [2.05, 4.69) is 38.9 Å². The van der Waals surface area contributed by atoms with Crippen LogP contribution in [0.25, 0.3) is 0 Å². The van der Waals surface area contributed by atoms with E-state index in [0.29, 0.717) is 42.5 Å². The van der Waals surface area contributed by atoms with Crippen LogP contribution < -0.4 is 14.2 Å². The van der Waals surface area contributed by atoms with Crippen molar-refractivity contribution in [3.63, 3.8) is 0 Å². The summed E-state index contributed by atoms with van der Waals surface area (Å²) in [4.78, 5) is 6.89. The molecule has 2 aromatic rings. The van der Waals surface area contributed by atoms with Crippen molar-refractivity contribution < 1.29 is 17.9 Å². The van der Waals surface area contributed by atoms with Gasteiger partial charge in [0.2, 0.25) is 10.0 Å². The molecule has 1 N–H and O–H groups in total. The number of hydrogen-bond donors (Lipinski definition) is 1. The van der Waals surface area contributed by atoms with Gasteiger partial charge in [-0.1, -0.05) is 24.3 Å². The van der Waals surface area contributed by atoms with Gasteiger partial charge in [0, 0.05) is 31.9 Å². The molecule has 7 nitrogen and oxygen atoms in total. The highest BCUT2D eigenvalue weighted by atomic mass is 32.2. The summed E-state index contributed by atoms with van der Waals surface area (Å²) in [6, 6.07) is 12.4. The number of aromatic nitrogens is 1. The zero-order valence-corrected chi connectivity index (χ0v) is 18.1. The van der Waals surface area contributed by atoms with Crippen LogP contribution in [0.1, 0.15) is 22.9 Å². The number of benzene rings is 1. The minimum atomic E-state index is -3.09. The van der Waals surface area contributed by atoms with Crippen LogP contribution >= 0.6 is 0 Å². The second-order valence-electron chi connectivity index (χ2n) is 8.72. The van der Waals surface area contributed by atoms with Crippen LogP contribution in [0.2, 0.25) is 0 Å². The van der Waals surface area contributed by atoms with Crippen molar-refractivity contribution in [3.8, 4) is 11.6 Å². The Hall–Kier alpha value is -2.16. The third-order valence-corrected chi connectivity index (χ3v) is 7.09. The Balaban J connectivity index is 1.14. The van der Waals surface area contributed by atoms with Crippen molar-refractivity contribution in [1.29, 1.82) is 0 Å². The van der Waals surface area contributed by atoms with E-state index in [1.807, 2.05) is 19.1 Å². The lowest BCUT2D eigenvalue weighted by Crippen LogP contribution is -2.29. The molecule has 1 aromatic heterocycles. The summed E-state index contributed by atoms with van der Waals surface area (Å²) in [5, 5.41) is 0. The topological polar surface area (TPSA) is 80.8 Å². The first-order valence-corrected chi connectivity index (χ1v) is 12.3. The third-order valence-electron chi connectivity index (χ3n) is 6.39. The number of nitrogens with one attached hydrogen (secondary N) is 1. The Morgan fingerprint density at radius 3 is 2.57 bits per heavy atom. The first-order valence-electron chi connectivity index (χ1n) is 10.4. The molecule has 3 atom stereocenters. The van der Waals surface area contributed by atoms with Crippen molar-refractivity contribution in [1.82, 2.24) is 14.6 Å². The number of sulfonamides is 1. The average Bonchev–Trinajstić information content (AvgIpc) is 3.17. The van der Waals surface area contributed by atoms with Gasteiger partial charge in [-0.3, -0.25) is 4.90 Å². The van der Waals surface area contributed by atoms with Gasteiger partial charge in [0.05, 0.1) is 6.26 Å². The number of rotatable bonds is 6. The summed E-state index contributed by atoms with van der Waals surface area (Å²) in [7, 11) is -3.09. The van der Waals surface area contributed by atoms with Gasteiger partial charge in [-0.2, -0.15) is 0 Å². The first kappa shape index (κ1) is 19.8. The molecule has 0 spiro atoms. The molecule has 5 rings (SSSR count). The Morgan fingerprint density at radius 2 is 1.87 bits per heavy atom. The number of fused-ring (bicyclic) bond motifs is 2. The lowest BCUT2D eigenvalue weighted by Gasteiger charge is -2.26. The molecule has 160 valence electrons. The van der Waals surface area contributed by atoms with Crippen molar-refractivity contribution in [2.24, 2.45) is 17.8 Å². The standard InChI is InChI=1S/C22H27N3O4S/c1-14-3-8-20-22(24-14)29-21(13-28-20)16-6-4-15(5-7-16)10-25-11-18-17(19(18)12-25)9-23-30(2,26)27/h3-8,17-19,21,23H,9-13H2,1-2H3. The van der Waals surface area contributed by atoms with Crippen LogP contribution in [0.15, 0.2) is 36.4 Å². The van der Waals surface area contributed by atoms with E-state index < -0.39 is 10.0 Å². The average molecular weight is 430 g/mol. The molecule has 1 saturated carbocycles. The van der Waals surface area contributed by atoms with Crippen molar-refractivity contribution in [3.05, 3.63) is 53.2 Å². The van der Waals surface area contributed by atoms with E-state index in [1.165, 1.54) is 11.8 Å². The fourth-order valence-electron chi connectivity index (χ4n) is 4.73. The Morgan fingerprint density at radius 1 is 1.13 bits per heavy atom. The molecular weight excluding hydrogens is 402 g/mol. The highest BCUT2D eigenvalue weighted by Crippen LogP contribution is 2.51. The largest absolute Gasteiger partial charge is 0.484 e. The van der Waals surface area contributed by atoms with Gasteiger partial charge in [-0.15, -0.1) is 0 Å². The summed E-state index contributed by atoms with van der Waals surface area (Å²) in [5.41, 5.74) is 3.27. The molecule has 3 heterocycles. The van der Waals surface area contributed by atoms with Crippen LogP contribution in [0.3, 0.4) is 0 Å². The van der Waals surface area contributed by atoms with Gasteiger partial charge in [0.1, 0.15) is 6.61 Å². The Bertz CT molecular complexity index is 1030. The van der Waals surface area contributed by atoms with Crippen LogP contribution in [0, 0.1) is 24.7 Å². The molecule has 1 saturated heterocycles. The molecule has 3 unspecified atom stereocenters. The lowest BCUT2D eigenvalue weighted by atomic mass is 10.1. The molecule has 3 aliphatic rings. The monoisotopic (exact) mass is 429 g/mol. The molecule has 0 amide bonds. The third kappa shape index (κ3) is 4.17. The number of piperidine rings is 1. The molecule has 2 aliphatic heterocycles. The van der Waals surface area contributed by atoms with E-state index in [9.17, 15) is 8.42 Å². The summed E-state index contributed by atoms with van der Waals surface area (Å²) in [5.74, 6) is 3.02. The molecule has 0 radical (unpaired) electrons. The van der Waals surface area contributed by atoms with E-state index in [4.69, 9.17) is 9.47 Å². The number of nitrogens with zero attached hydrogens (tertiary/aromatic N) is 2. The fraction of sp³-hybridized carbons (Fsp3) is 0.500. The molecule has 8 heteroatoms. The van der Waals surface area contributed by atoms with E-state index in [-0.39, 0.29) is 6.10 Å². The summed E-state index contributed by atoms with van der Waals surface area (Å²) in [6.07, 6.45) is 1.07. The zero-order valence-electron chi connectivity index (χ0n) is 17.2. The Kier molecular flexibility index (Phi) is 4.95. The molecule has 0 bridgehead atoms. The van der Waals surface area contributed by atoms with Crippen molar-refractivity contribution in [2.75, 3.05) is 32.5 Å². The van der Waals surface area contributed by atoms with Gasteiger partial charge in [-0.25, -0.2) is 18.1 Å². The molecule has 2 fully saturated rings. The minimum Gasteiger partial charge on any atom is -0.484 e. The minimum absolute atomic E-state index is 0.150. The second-order valence-corrected chi connectivity index (χ2v) is 10.6. The van der Waals surface area contributed by atoms with Gasteiger partial charge in [-0.05, 0) is 47.9 Å². The lowest BCUT2D eigenvalue weighted by molar-refractivity contribution is 0.0848. The van der Waals surface area contributed by atoms with Gasteiger partial charge in [0.15, 0.2) is 11.9 Å². The number of aryl methyl sites for hydroxylation is 1. The number of ether oxygens (including phenoxy) is 2. The molecular formula is C22H27N3O4S. The van der Waals surface area contributed by atoms with E-state index >= 15 is 0 Å². The normalized spacial score (nSPS) is 27.7. The fourth-order valence-corrected chi connectivity index (χ4v) is 5.22. The maximum absolute atomic E-state index is 11.3. The van der Waals surface area contributed by atoms with Crippen LogP contribution in [-0.4, -0.2) is 50.8 Å². The van der Waals surface area contributed by atoms with E-state index in [1.54, 1.807) is 0 Å².